The van der Waals surface area contributed by atoms with Gasteiger partial charge in [0.05, 0.1) is 16.3 Å². The Balaban J connectivity index is 1.95. The second kappa shape index (κ2) is 8.29. The molecule has 0 fully saturated rings. The van der Waals surface area contributed by atoms with Crippen LogP contribution in [0, 0.1) is 0 Å². The number of ether oxygens (including phenoxy) is 1. The number of carbonyl (C=O) groups is 2. The third-order valence-electron chi connectivity index (χ3n) is 3.25. The van der Waals surface area contributed by atoms with Crippen molar-refractivity contribution in [1.29, 1.82) is 0 Å². The van der Waals surface area contributed by atoms with E-state index < -0.39 is 27.8 Å². The van der Waals surface area contributed by atoms with Gasteiger partial charge in [-0.1, -0.05) is 23.7 Å². The molecule has 0 saturated heterocycles. The number of hydrogen-bond acceptors (Lipinski definition) is 6. The lowest BCUT2D eigenvalue weighted by Crippen LogP contribution is -2.30. The number of sulfone groups is 1. The zero-order valence-corrected chi connectivity index (χ0v) is 15.7. The Morgan fingerprint density at radius 2 is 1.85 bits per heavy atom. The number of aromatic nitrogens is 1. The average Bonchev–Trinajstić information content (AvgIpc) is 2.56. The maximum absolute atomic E-state index is 12.1. The van der Waals surface area contributed by atoms with E-state index in [-0.39, 0.29) is 17.1 Å². The molecule has 7 nitrogen and oxygen atoms in total. The fraction of sp³-hybridized carbons (Fsp3) is 0.235. The maximum Gasteiger partial charge on any atom is 0.338 e. The number of pyridine rings is 1. The van der Waals surface area contributed by atoms with Crippen LogP contribution in [-0.4, -0.2) is 37.6 Å². The highest BCUT2D eigenvalue weighted by Gasteiger charge is 2.19. The molecule has 2 aromatic rings. The molecule has 1 heterocycles. The molecule has 0 radical (unpaired) electrons. The fourth-order valence-electron chi connectivity index (χ4n) is 2.00. The van der Waals surface area contributed by atoms with Crippen LogP contribution < -0.4 is 5.32 Å². The van der Waals surface area contributed by atoms with Gasteiger partial charge in [-0.3, -0.25) is 4.79 Å². The second-order valence-electron chi connectivity index (χ2n) is 5.67. The fourth-order valence-corrected chi connectivity index (χ4v) is 2.91. The lowest BCUT2D eigenvalue weighted by Gasteiger charge is -2.13. The zero-order valence-electron chi connectivity index (χ0n) is 14.1. The molecule has 9 heteroatoms. The molecular formula is C17H17ClN2O5S. The van der Waals surface area contributed by atoms with E-state index in [1.54, 1.807) is 6.07 Å². The summed E-state index contributed by atoms with van der Waals surface area (Å²) in [5, 5.41) is 2.94. The Kier molecular flexibility index (Phi) is 6.33. The third-order valence-corrected chi connectivity index (χ3v) is 4.33. The van der Waals surface area contributed by atoms with Crippen molar-refractivity contribution in [2.75, 3.05) is 11.6 Å². The van der Waals surface area contributed by atoms with Crippen molar-refractivity contribution in [2.45, 2.75) is 18.8 Å². The number of nitrogens with zero attached hydrogens (tertiary/aromatic N) is 1. The summed E-state index contributed by atoms with van der Waals surface area (Å²) in [4.78, 5) is 28.1. The SMILES string of the molecule is C[C@@H](OC(=O)c1ccc(CS(C)(=O)=O)cc1)C(=O)Nc1ccc(Cl)cn1. The number of esters is 1. The van der Waals surface area contributed by atoms with Crippen LogP contribution in [0.5, 0.6) is 0 Å². The van der Waals surface area contributed by atoms with Crippen molar-refractivity contribution in [3.8, 4) is 0 Å². The van der Waals surface area contributed by atoms with Gasteiger partial charge < -0.3 is 10.1 Å². The minimum atomic E-state index is -3.16. The van der Waals surface area contributed by atoms with Crippen molar-refractivity contribution < 1.29 is 22.7 Å². The van der Waals surface area contributed by atoms with Crippen LogP contribution in [0.2, 0.25) is 5.02 Å². The molecule has 1 atom stereocenters. The molecule has 0 saturated carbocycles. The molecule has 0 spiro atoms. The summed E-state index contributed by atoms with van der Waals surface area (Å²) in [5.41, 5.74) is 0.773. The van der Waals surface area contributed by atoms with E-state index in [2.05, 4.69) is 10.3 Å². The van der Waals surface area contributed by atoms with Gasteiger partial charge in [-0.25, -0.2) is 18.2 Å². The van der Waals surface area contributed by atoms with Crippen LogP contribution >= 0.6 is 11.6 Å². The highest BCUT2D eigenvalue weighted by Crippen LogP contribution is 2.12. The van der Waals surface area contributed by atoms with Crippen LogP contribution in [0.3, 0.4) is 0 Å². The molecule has 2 rings (SSSR count). The van der Waals surface area contributed by atoms with Gasteiger partial charge >= 0.3 is 5.97 Å². The van der Waals surface area contributed by atoms with E-state index in [9.17, 15) is 18.0 Å². The van der Waals surface area contributed by atoms with Gasteiger partial charge in [0.15, 0.2) is 15.9 Å². The Labute approximate surface area is 156 Å². The Bertz CT molecular complexity index is 896. The lowest BCUT2D eigenvalue weighted by atomic mass is 10.1. The van der Waals surface area contributed by atoms with Gasteiger partial charge in [-0.15, -0.1) is 0 Å². The lowest BCUT2D eigenvalue weighted by molar-refractivity contribution is -0.123. The maximum atomic E-state index is 12.1. The minimum Gasteiger partial charge on any atom is -0.449 e. The molecule has 26 heavy (non-hydrogen) atoms. The molecule has 1 aromatic carbocycles. The van der Waals surface area contributed by atoms with E-state index in [0.717, 1.165) is 6.26 Å². The summed E-state index contributed by atoms with van der Waals surface area (Å²) in [5.74, 6) is -1.06. The van der Waals surface area contributed by atoms with Crippen molar-refractivity contribution in [1.82, 2.24) is 4.98 Å². The number of rotatable bonds is 6. The van der Waals surface area contributed by atoms with E-state index in [0.29, 0.717) is 10.6 Å². The van der Waals surface area contributed by atoms with Gasteiger partial charge in [-0.2, -0.15) is 0 Å². The Morgan fingerprint density at radius 1 is 1.19 bits per heavy atom. The smallest absolute Gasteiger partial charge is 0.338 e. The van der Waals surface area contributed by atoms with E-state index in [1.165, 1.54) is 43.5 Å². The van der Waals surface area contributed by atoms with Crippen molar-refractivity contribution in [2.24, 2.45) is 0 Å². The molecule has 0 aliphatic rings. The number of halogens is 1. The number of anilines is 1. The van der Waals surface area contributed by atoms with Gasteiger partial charge in [0, 0.05) is 12.5 Å². The summed E-state index contributed by atoms with van der Waals surface area (Å²) in [7, 11) is -3.16. The van der Waals surface area contributed by atoms with Crippen molar-refractivity contribution in [3.05, 3.63) is 58.7 Å². The topological polar surface area (TPSA) is 102 Å². The van der Waals surface area contributed by atoms with Crippen LogP contribution in [0.4, 0.5) is 5.82 Å². The van der Waals surface area contributed by atoms with Crippen molar-refractivity contribution >= 4 is 39.1 Å². The molecule has 0 aliphatic carbocycles. The molecular weight excluding hydrogens is 380 g/mol. The van der Waals surface area contributed by atoms with Crippen LogP contribution in [0.15, 0.2) is 42.6 Å². The molecule has 0 aliphatic heterocycles. The average molecular weight is 397 g/mol. The van der Waals surface area contributed by atoms with Crippen LogP contribution in [-0.2, 0) is 25.1 Å². The summed E-state index contributed by atoms with van der Waals surface area (Å²) in [6.45, 7) is 1.43. The van der Waals surface area contributed by atoms with E-state index in [4.69, 9.17) is 16.3 Å². The van der Waals surface area contributed by atoms with E-state index >= 15 is 0 Å². The first-order valence-corrected chi connectivity index (χ1v) is 9.98. The number of nitrogens with one attached hydrogen (secondary N) is 1. The number of amides is 1. The normalized spacial score (nSPS) is 12.3. The summed E-state index contributed by atoms with van der Waals surface area (Å²) in [6, 6.07) is 9.05. The molecule has 1 N–H and O–H groups in total. The Hall–Kier alpha value is -2.45. The summed E-state index contributed by atoms with van der Waals surface area (Å²) < 4.78 is 27.6. The third kappa shape index (κ3) is 6.12. The first kappa shape index (κ1) is 19.9. The van der Waals surface area contributed by atoms with Crippen LogP contribution in [0.25, 0.3) is 0 Å². The summed E-state index contributed by atoms with van der Waals surface area (Å²) in [6.07, 6.45) is 1.47. The Morgan fingerprint density at radius 3 is 2.38 bits per heavy atom. The molecule has 0 bridgehead atoms. The minimum absolute atomic E-state index is 0.116. The summed E-state index contributed by atoms with van der Waals surface area (Å²) >= 11 is 5.72. The first-order chi connectivity index (χ1) is 12.1. The van der Waals surface area contributed by atoms with Gasteiger partial charge in [-0.05, 0) is 36.8 Å². The van der Waals surface area contributed by atoms with Crippen molar-refractivity contribution in [3.63, 3.8) is 0 Å². The highest BCUT2D eigenvalue weighted by molar-refractivity contribution is 7.89. The van der Waals surface area contributed by atoms with Crippen LogP contribution in [0.1, 0.15) is 22.8 Å². The number of hydrogen-bond donors (Lipinski definition) is 1. The molecule has 0 unspecified atom stereocenters. The molecule has 1 amide bonds. The number of carbonyl (C=O) groups excluding carboxylic acids is 2. The quantitative estimate of drug-likeness (QED) is 0.752. The van der Waals surface area contributed by atoms with E-state index in [1.807, 2.05) is 0 Å². The van der Waals surface area contributed by atoms with Gasteiger partial charge in [0.25, 0.3) is 5.91 Å². The largest absolute Gasteiger partial charge is 0.449 e. The predicted molar refractivity (Wildman–Crippen MR) is 97.7 cm³/mol. The van der Waals surface area contributed by atoms with Gasteiger partial charge in [0.1, 0.15) is 5.82 Å². The first-order valence-electron chi connectivity index (χ1n) is 7.54. The zero-order chi connectivity index (χ0) is 19.3. The second-order valence-corrected chi connectivity index (χ2v) is 8.24. The molecule has 1 aromatic heterocycles. The number of benzene rings is 1. The monoisotopic (exact) mass is 396 g/mol. The predicted octanol–water partition coefficient (Wildman–Crippen LogP) is 2.46. The van der Waals surface area contributed by atoms with Gasteiger partial charge in [0.2, 0.25) is 0 Å². The standard InChI is InChI=1S/C17H17ClN2O5S/c1-11(16(21)20-15-8-7-14(18)9-19-15)25-17(22)13-5-3-12(4-6-13)10-26(2,23)24/h3-9,11H,10H2,1-2H3,(H,19,20,21)/t11-/m1/s1. The highest BCUT2D eigenvalue weighted by atomic mass is 35.5. The molecule has 138 valence electrons.